The van der Waals surface area contributed by atoms with Gasteiger partial charge in [-0.2, -0.15) is 13.2 Å². The van der Waals surface area contributed by atoms with Crippen molar-refractivity contribution in [3.05, 3.63) is 12.7 Å². The summed E-state index contributed by atoms with van der Waals surface area (Å²) < 4.78 is 42.5. The first kappa shape index (κ1) is 14.3. The van der Waals surface area contributed by atoms with E-state index in [9.17, 15) is 22.8 Å². The summed E-state index contributed by atoms with van der Waals surface area (Å²) in [5, 5.41) is 8.71. The summed E-state index contributed by atoms with van der Waals surface area (Å²) in [5.74, 6) is -2.59. The van der Waals surface area contributed by atoms with Gasteiger partial charge in [0, 0.05) is 6.54 Å². The molecule has 1 fully saturated rings. The summed E-state index contributed by atoms with van der Waals surface area (Å²) in [6.45, 7) is 2.53. The number of carbonyl (C=O) groups excluding carboxylic acids is 1. The standard InChI is InChI=1S/C10H12F3NO4/c1-2-3-18-9(17)14-5-6(8(15)16)4-7(14)10(11,12)13/h2,6-7H,1,3-5H2,(H,15,16). The van der Waals surface area contributed by atoms with Crippen molar-refractivity contribution in [3.63, 3.8) is 0 Å². The summed E-state index contributed by atoms with van der Waals surface area (Å²) in [6.07, 6.45) is -5.29. The highest BCUT2D eigenvalue weighted by molar-refractivity contribution is 5.74. The van der Waals surface area contributed by atoms with Crippen LogP contribution in [0, 0.1) is 5.92 Å². The van der Waals surface area contributed by atoms with Gasteiger partial charge in [-0.25, -0.2) is 4.79 Å². The number of ether oxygens (including phenoxy) is 1. The Hall–Kier alpha value is -1.73. The minimum atomic E-state index is -4.67. The van der Waals surface area contributed by atoms with Crippen LogP contribution in [0.5, 0.6) is 0 Å². The highest BCUT2D eigenvalue weighted by Gasteiger charge is 2.53. The fourth-order valence-corrected chi connectivity index (χ4v) is 1.74. The molecule has 0 aromatic heterocycles. The van der Waals surface area contributed by atoms with E-state index < -0.39 is 43.2 Å². The number of amides is 1. The lowest BCUT2D eigenvalue weighted by Crippen LogP contribution is -2.44. The predicted octanol–water partition coefficient (Wildman–Crippen LogP) is 1.65. The van der Waals surface area contributed by atoms with Gasteiger partial charge in [-0.05, 0) is 6.42 Å². The van der Waals surface area contributed by atoms with E-state index in [1.807, 2.05) is 0 Å². The SMILES string of the molecule is C=CCOC(=O)N1CC(C(=O)O)CC1C(F)(F)F. The molecule has 1 amide bonds. The molecule has 1 saturated heterocycles. The lowest BCUT2D eigenvalue weighted by molar-refractivity contribution is -0.172. The number of carboxylic acids is 1. The number of hydrogen-bond donors (Lipinski definition) is 1. The zero-order valence-electron chi connectivity index (χ0n) is 9.31. The van der Waals surface area contributed by atoms with Gasteiger partial charge in [0.2, 0.25) is 0 Å². The Morgan fingerprint density at radius 3 is 2.56 bits per heavy atom. The molecule has 1 heterocycles. The van der Waals surface area contributed by atoms with Crippen molar-refractivity contribution in [1.82, 2.24) is 4.90 Å². The first-order valence-corrected chi connectivity index (χ1v) is 5.11. The second-order valence-corrected chi connectivity index (χ2v) is 3.85. The van der Waals surface area contributed by atoms with Gasteiger partial charge in [0.25, 0.3) is 0 Å². The molecular formula is C10H12F3NO4. The molecule has 18 heavy (non-hydrogen) atoms. The molecule has 102 valence electrons. The van der Waals surface area contributed by atoms with Crippen LogP contribution in [-0.4, -0.2) is 47.4 Å². The van der Waals surface area contributed by atoms with Crippen molar-refractivity contribution < 1.29 is 32.6 Å². The van der Waals surface area contributed by atoms with Gasteiger partial charge in [-0.1, -0.05) is 12.7 Å². The first-order chi connectivity index (χ1) is 8.27. The summed E-state index contributed by atoms with van der Waals surface area (Å²) in [7, 11) is 0. The van der Waals surface area contributed by atoms with Crippen molar-refractivity contribution in [2.45, 2.75) is 18.6 Å². The van der Waals surface area contributed by atoms with Gasteiger partial charge in [0.05, 0.1) is 5.92 Å². The number of rotatable bonds is 3. The van der Waals surface area contributed by atoms with E-state index in [0.29, 0.717) is 4.90 Å². The normalized spacial score (nSPS) is 23.8. The fraction of sp³-hybridized carbons (Fsp3) is 0.600. The second kappa shape index (κ2) is 5.28. The zero-order chi connectivity index (χ0) is 13.9. The van der Waals surface area contributed by atoms with Crippen molar-refractivity contribution in [3.8, 4) is 0 Å². The van der Waals surface area contributed by atoms with Gasteiger partial charge in [-0.3, -0.25) is 9.69 Å². The molecule has 5 nitrogen and oxygen atoms in total. The Bertz CT molecular complexity index is 356. The van der Waals surface area contributed by atoms with Gasteiger partial charge in [-0.15, -0.1) is 0 Å². The van der Waals surface area contributed by atoms with Crippen LogP contribution in [0.15, 0.2) is 12.7 Å². The van der Waals surface area contributed by atoms with Crippen LogP contribution >= 0.6 is 0 Å². The number of likely N-dealkylation sites (tertiary alicyclic amines) is 1. The molecule has 2 unspecified atom stereocenters. The molecule has 1 aliphatic heterocycles. The number of aliphatic carboxylic acids is 1. The van der Waals surface area contributed by atoms with E-state index in [-0.39, 0.29) is 6.61 Å². The lowest BCUT2D eigenvalue weighted by Gasteiger charge is -2.25. The van der Waals surface area contributed by atoms with Crippen LogP contribution < -0.4 is 0 Å². The summed E-state index contributed by atoms with van der Waals surface area (Å²) in [5.41, 5.74) is 0. The molecule has 0 radical (unpaired) electrons. The number of carbonyl (C=O) groups is 2. The number of carboxylic acid groups (broad SMARTS) is 1. The van der Waals surface area contributed by atoms with Crippen LogP contribution in [0.3, 0.4) is 0 Å². The predicted molar refractivity (Wildman–Crippen MR) is 53.8 cm³/mol. The Balaban J connectivity index is 2.82. The van der Waals surface area contributed by atoms with Crippen molar-refractivity contribution in [2.24, 2.45) is 5.92 Å². The Kier molecular flexibility index (Phi) is 4.20. The third-order valence-corrected chi connectivity index (χ3v) is 2.59. The maximum atomic E-state index is 12.7. The van der Waals surface area contributed by atoms with E-state index >= 15 is 0 Å². The van der Waals surface area contributed by atoms with Crippen LogP contribution in [0.1, 0.15) is 6.42 Å². The highest BCUT2D eigenvalue weighted by atomic mass is 19.4. The second-order valence-electron chi connectivity index (χ2n) is 3.85. The van der Waals surface area contributed by atoms with Gasteiger partial charge < -0.3 is 9.84 Å². The van der Waals surface area contributed by atoms with Gasteiger partial charge >= 0.3 is 18.2 Å². The highest BCUT2D eigenvalue weighted by Crippen LogP contribution is 2.35. The van der Waals surface area contributed by atoms with E-state index in [2.05, 4.69) is 11.3 Å². The van der Waals surface area contributed by atoms with Crippen molar-refractivity contribution >= 4 is 12.1 Å². The fourth-order valence-electron chi connectivity index (χ4n) is 1.74. The topological polar surface area (TPSA) is 66.8 Å². The van der Waals surface area contributed by atoms with Gasteiger partial charge in [0.1, 0.15) is 12.6 Å². The average Bonchev–Trinajstić information content (AvgIpc) is 2.70. The van der Waals surface area contributed by atoms with Crippen molar-refractivity contribution in [2.75, 3.05) is 13.2 Å². The van der Waals surface area contributed by atoms with E-state index in [4.69, 9.17) is 5.11 Å². The number of hydrogen-bond acceptors (Lipinski definition) is 3. The molecule has 0 bridgehead atoms. The van der Waals surface area contributed by atoms with Crippen molar-refractivity contribution in [1.29, 1.82) is 0 Å². The summed E-state index contributed by atoms with van der Waals surface area (Å²) in [4.78, 5) is 22.5. The molecule has 0 aliphatic carbocycles. The molecule has 2 atom stereocenters. The summed E-state index contributed by atoms with van der Waals surface area (Å²) >= 11 is 0. The Morgan fingerprint density at radius 1 is 1.50 bits per heavy atom. The Morgan fingerprint density at radius 2 is 2.11 bits per heavy atom. The number of alkyl halides is 3. The third kappa shape index (κ3) is 3.14. The average molecular weight is 267 g/mol. The van der Waals surface area contributed by atoms with E-state index in [1.165, 1.54) is 6.08 Å². The van der Waals surface area contributed by atoms with Crippen LogP contribution in [0.4, 0.5) is 18.0 Å². The first-order valence-electron chi connectivity index (χ1n) is 5.11. The maximum Gasteiger partial charge on any atom is 0.410 e. The van der Waals surface area contributed by atoms with Gasteiger partial charge in [0.15, 0.2) is 0 Å². The molecule has 8 heteroatoms. The van der Waals surface area contributed by atoms with E-state index in [1.54, 1.807) is 0 Å². The minimum absolute atomic E-state index is 0.225. The lowest BCUT2D eigenvalue weighted by atomic mass is 10.1. The molecule has 1 rings (SSSR count). The molecule has 0 saturated carbocycles. The number of nitrogens with zero attached hydrogens (tertiary/aromatic N) is 1. The molecule has 0 aromatic carbocycles. The minimum Gasteiger partial charge on any atom is -0.481 e. The monoisotopic (exact) mass is 267 g/mol. The zero-order valence-corrected chi connectivity index (χ0v) is 9.31. The molecule has 0 spiro atoms. The smallest absolute Gasteiger partial charge is 0.410 e. The van der Waals surface area contributed by atoms with Crippen LogP contribution in [0.2, 0.25) is 0 Å². The number of halogens is 3. The third-order valence-electron chi connectivity index (χ3n) is 2.59. The van der Waals surface area contributed by atoms with Crippen LogP contribution in [0.25, 0.3) is 0 Å². The quantitative estimate of drug-likeness (QED) is 0.789. The van der Waals surface area contributed by atoms with Crippen LogP contribution in [-0.2, 0) is 9.53 Å². The molecule has 0 aromatic rings. The van der Waals surface area contributed by atoms with E-state index in [0.717, 1.165) is 0 Å². The molecule has 1 aliphatic rings. The largest absolute Gasteiger partial charge is 0.481 e. The molecule has 1 N–H and O–H groups in total. The molecular weight excluding hydrogens is 255 g/mol. The maximum absolute atomic E-state index is 12.7. The Labute approximate surface area is 101 Å². The summed E-state index contributed by atoms with van der Waals surface area (Å²) in [6, 6.07) is -2.11.